The molecule has 2 atom stereocenters. The van der Waals surface area contributed by atoms with Gasteiger partial charge in [-0.1, -0.05) is 13.8 Å². The summed E-state index contributed by atoms with van der Waals surface area (Å²) >= 11 is 0. The molecule has 0 spiro atoms. The van der Waals surface area contributed by atoms with E-state index >= 15 is 0 Å². The molecule has 1 heterocycles. The molecule has 0 aromatic carbocycles. The maximum atomic E-state index is 8.60. The fourth-order valence-corrected chi connectivity index (χ4v) is 1.04. The minimum atomic E-state index is 0.204. The monoisotopic (exact) mass is 170 g/mol. The Bertz CT molecular complexity index is 153. The standard InChI is InChI=1S/C7H12N2O.C2H6/c1-6-4-10-7(2)3-9(6)5-8;1-2/h6-7H,3-4H2,1-2H3;1-2H3. The largest absolute Gasteiger partial charge is 0.374 e. The van der Waals surface area contributed by atoms with Crippen LogP contribution in [-0.2, 0) is 4.74 Å². The lowest BCUT2D eigenvalue weighted by Crippen LogP contribution is -2.44. The van der Waals surface area contributed by atoms with Crippen molar-refractivity contribution < 1.29 is 4.74 Å². The van der Waals surface area contributed by atoms with E-state index in [0.717, 1.165) is 6.54 Å². The quantitative estimate of drug-likeness (QED) is 0.518. The highest BCUT2D eigenvalue weighted by molar-refractivity contribution is 4.84. The molecule has 3 heteroatoms. The van der Waals surface area contributed by atoms with E-state index in [-0.39, 0.29) is 12.1 Å². The van der Waals surface area contributed by atoms with Gasteiger partial charge in [0, 0.05) is 0 Å². The number of ether oxygens (including phenoxy) is 1. The SMILES string of the molecule is CC.CC1CN(C#N)C(C)CO1. The van der Waals surface area contributed by atoms with Crippen LogP contribution in [0.5, 0.6) is 0 Å². The Morgan fingerprint density at radius 2 is 2.00 bits per heavy atom. The maximum Gasteiger partial charge on any atom is 0.179 e. The van der Waals surface area contributed by atoms with Crippen molar-refractivity contribution in [1.29, 1.82) is 5.26 Å². The van der Waals surface area contributed by atoms with Crippen LogP contribution in [0.2, 0.25) is 0 Å². The molecular formula is C9H18N2O. The summed E-state index contributed by atoms with van der Waals surface area (Å²) in [7, 11) is 0. The fourth-order valence-electron chi connectivity index (χ4n) is 1.04. The first-order valence-electron chi connectivity index (χ1n) is 4.52. The zero-order valence-corrected chi connectivity index (χ0v) is 8.37. The van der Waals surface area contributed by atoms with Crippen molar-refractivity contribution in [1.82, 2.24) is 4.90 Å². The van der Waals surface area contributed by atoms with Crippen molar-refractivity contribution >= 4 is 0 Å². The lowest BCUT2D eigenvalue weighted by molar-refractivity contribution is -0.0272. The lowest BCUT2D eigenvalue weighted by Gasteiger charge is -2.32. The van der Waals surface area contributed by atoms with Crippen LogP contribution in [0, 0.1) is 11.5 Å². The number of nitriles is 1. The maximum absolute atomic E-state index is 8.60. The summed E-state index contributed by atoms with van der Waals surface area (Å²) in [6.07, 6.45) is 2.34. The van der Waals surface area contributed by atoms with Gasteiger partial charge in [-0.05, 0) is 13.8 Å². The first-order valence-corrected chi connectivity index (χ1v) is 4.52. The van der Waals surface area contributed by atoms with Gasteiger partial charge in [0.05, 0.1) is 25.3 Å². The first kappa shape index (κ1) is 11.2. The zero-order chi connectivity index (χ0) is 9.56. The van der Waals surface area contributed by atoms with Crippen molar-refractivity contribution in [3.05, 3.63) is 0 Å². The zero-order valence-electron chi connectivity index (χ0n) is 8.37. The van der Waals surface area contributed by atoms with Gasteiger partial charge < -0.3 is 9.64 Å². The van der Waals surface area contributed by atoms with Gasteiger partial charge in [0.1, 0.15) is 0 Å². The van der Waals surface area contributed by atoms with Crippen LogP contribution in [0.1, 0.15) is 27.7 Å². The first-order chi connectivity index (χ1) is 5.74. The Hall–Kier alpha value is -0.750. The molecule has 2 unspecified atom stereocenters. The van der Waals surface area contributed by atoms with E-state index in [9.17, 15) is 0 Å². The molecule has 0 aromatic heterocycles. The molecule has 0 aliphatic carbocycles. The summed E-state index contributed by atoms with van der Waals surface area (Å²) in [6, 6.07) is 0.251. The third-order valence-corrected chi connectivity index (χ3v) is 1.74. The van der Waals surface area contributed by atoms with E-state index in [2.05, 4.69) is 6.19 Å². The number of rotatable bonds is 0. The highest BCUT2D eigenvalue weighted by Gasteiger charge is 2.21. The van der Waals surface area contributed by atoms with Crippen molar-refractivity contribution in [2.45, 2.75) is 39.8 Å². The van der Waals surface area contributed by atoms with E-state index in [1.165, 1.54) is 0 Å². The van der Waals surface area contributed by atoms with Gasteiger partial charge in [0.25, 0.3) is 0 Å². The Kier molecular flexibility index (Phi) is 5.48. The highest BCUT2D eigenvalue weighted by Crippen LogP contribution is 2.08. The molecule has 3 nitrogen and oxygen atoms in total. The van der Waals surface area contributed by atoms with Gasteiger partial charge in [0.15, 0.2) is 6.19 Å². The second kappa shape index (κ2) is 5.84. The summed E-state index contributed by atoms with van der Waals surface area (Å²) in [6.45, 7) is 9.39. The Morgan fingerprint density at radius 3 is 2.42 bits per heavy atom. The summed E-state index contributed by atoms with van der Waals surface area (Å²) in [4.78, 5) is 1.76. The van der Waals surface area contributed by atoms with Crippen LogP contribution < -0.4 is 0 Å². The molecule has 1 fully saturated rings. The normalized spacial score (nSPS) is 28.4. The fraction of sp³-hybridized carbons (Fsp3) is 0.889. The molecular weight excluding hydrogens is 152 g/mol. The van der Waals surface area contributed by atoms with E-state index in [1.54, 1.807) is 4.90 Å². The molecule has 1 aliphatic heterocycles. The minimum Gasteiger partial charge on any atom is -0.374 e. The Labute approximate surface area is 74.9 Å². The third kappa shape index (κ3) is 3.10. The van der Waals surface area contributed by atoms with Gasteiger partial charge in [0.2, 0.25) is 0 Å². The predicted octanol–water partition coefficient (Wildman–Crippen LogP) is 1.60. The molecule has 70 valence electrons. The summed E-state index contributed by atoms with van der Waals surface area (Å²) < 4.78 is 5.33. The van der Waals surface area contributed by atoms with Crippen molar-refractivity contribution in [2.75, 3.05) is 13.2 Å². The smallest absolute Gasteiger partial charge is 0.179 e. The topological polar surface area (TPSA) is 36.3 Å². The average molecular weight is 170 g/mol. The van der Waals surface area contributed by atoms with Gasteiger partial charge in [-0.25, -0.2) is 0 Å². The van der Waals surface area contributed by atoms with Crippen LogP contribution in [0.15, 0.2) is 0 Å². The molecule has 1 saturated heterocycles. The van der Waals surface area contributed by atoms with E-state index in [4.69, 9.17) is 10.00 Å². The lowest BCUT2D eigenvalue weighted by atomic mass is 10.2. The van der Waals surface area contributed by atoms with Gasteiger partial charge >= 0.3 is 0 Å². The summed E-state index contributed by atoms with van der Waals surface area (Å²) in [5, 5.41) is 8.60. The molecule has 12 heavy (non-hydrogen) atoms. The molecule has 0 amide bonds. The second-order valence-corrected chi connectivity index (χ2v) is 2.75. The number of nitrogens with zero attached hydrogens (tertiary/aromatic N) is 2. The molecule has 0 saturated carbocycles. The van der Waals surface area contributed by atoms with Crippen molar-refractivity contribution in [2.24, 2.45) is 0 Å². The van der Waals surface area contributed by atoms with Crippen molar-refractivity contribution in [3.8, 4) is 6.19 Å². The van der Waals surface area contributed by atoms with Crippen molar-refractivity contribution in [3.63, 3.8) is 0 Å². The third-order valence-electron chi connectivity index (χ3n) is 1.74. The molecule has 1 aliphatic rings. The average Bonchev–Trinajstić information content (AvgIpc) is 2.13. The number of hydrogen-bond acceptors (Lipinski definition) is 3. The number of hydrogen-bond donors (Lipinski definition) is 0. The molecule has 1 rings (SSSR count). The van der Waals surface area contributed by atoms with Crippen LogP contribution in [0.3, 0.4) is 0 Å². The molecule has 0 aromatic rings. The number of morpholine rings is 1. The van der Waals surface area contributed by atoms with Crippen LogP contribution in [0.25, 0.3) is 0 Å². The van der Waals surface area contributed by atoms with E-state index in [1.807, 2.05) is 27.7 Å². The van der Waals surface area contributed by atoms with E-state index in [0.29, 0.717) is 6.61 Å². The van der Waals surface area contributed by atoms with Gasteiger partial charge in [-0.15, -0.1) is 0 Å². The Balaban J connectivity index is 0.000000561. The van der Waals surface area contributed by atoms with Crippen LogP contribution in [0.4, 0.5) is 0 Å². The highest BCUT2D eigenvalue weighted by atomic mass is 16.5. The van der Waals surface area contributed by atoms with Crippen LogP contribution >= 0.6 is 0 Å². The Morgan fingerprint density at radius 1 is 1.42 bits per heavy atom. The van der Waals surface area contributed by atoms with E-state index < -0.39 is 0 Å². The molecule has 0 bridgehead atoms. The summed E-state index contributed by atoms with van der Waals surface area (Å²) in [5.41, 5.74) is 0. The van der Waals surface area contributed by atoms with Gasteiger partial charge in [-0.2, -0.15) is 5.26 Å². The predicted molar refractivity (Wildman–Crippen MR) is 48.5 cm³/mol. The summed E-state index contributed by atoms with van der Waals surface area (Å²) in [5.74, 6) is 0. The van der Waals surface area contributed by atoms with Crippen LogP contribution in [-0.4, -0.2) is 30.2 Å². The van der Waals surface area contributed by atoms with Gasteiger partial charge in [-0.3, -0.25) is 0 Å². The molecule has 0 N–H and O–H groups in total. The second-order valence-electron chi connectivity index (χ2n) is 2.75. The minimum absolute atomic E-state index is 0.204. The molecule has 0 radical (unpaired) electrons.